The number of benzene rings is 1. The van der Waals surface area contributed by atoms with Crippen LogP contribution in [0.3, 0.4) is 0 Å². The molecule has 0 spiro atoms. The van der Waals surface area contributed by atoms with Crippen molar-refractivity contribution in [2.24, 2.45) is 0 Å². The number of likely N-dealkylation sites (tertiary alicyclic amines) is 1. The maximum absolute atomic E-state index is 12.8. The molecule has 0 bridgehead atoms. The van der Waals surface area contributed by atoms with E-state index in [1.54, 1.807) is 12.1 Å². The lowest BCUT2D eigenvalue weighted by Gasteiger charge is -2.26. The van der Waals surface area contributed by atoms with E-state index in [2.05, 4.69) is 0 Å². The van der Waals surface area contributed by atoms with E-state index in [1.807, 2.05) is 23.1 Å². The number of carbonyl (C=O) groups is 1. The SMILES string of the molecule is O=C(c1ccc(Cl)s1)N1CCC[C@@H]1c1ccc2c(c1)OCCO2. The molecule has 23 heavy (non-hydrogen) atoms. The highest BCUT2D eigenvalue weighted by molar-refractivity contribution is 7.17. The summed E-state index contributed by atoms with van der Waals surface area (Å²) in [7, 11) is 0. The Balaban J connectivity index is 1.61. The number of fused-ring (bicyclic) bond motifs is 1. The van der Waals surface area contributed by atoms with Gasteiger partial charge in [0, 0.05) is 6.54 Å². The number of ether oxygens (including phenoxy) is 2. The topological polar surface area (TPSA) is 38.8 Å². The van der Waals surface area contributed by atoms with Gasteiger partial charge in [-0.3, -0.25) is 4.79 Å². The molecule has 0 unspecified atom stereocenters. The highest BCUT2D eigenvalue weighted by Crippen LogP contribution is 2.39. The van der Waals surface area contributed by atoms with Crippen LogP contribution in [0.15, 0.2) is 30.3 Å². The fourth-order valence-electron chi connectivity index (χ4n) is 3.19. The van der Waals surface area contributed by atoms with Gasteiger partial charge in [0.25, 0.3) is 5.91 Å². The molecule has 1 aromatic heterocycles. The van der Waals surface area contributed by atoms with E-state index in [0.29, 0.717) is 22.4 Å². The summed E-state index contributed by atoms with van der Waals surface area (Å²) in [6.07, 6.45) is 1.97. The number of nitrogens with zero attached hydrogens (tertiary/aromatic N) is 1. The summed E-state index contributed by atoms with van der Waals surface area (Å²) in [4.78, 5) is 15.4. The highest BCUT2D eigenvalue weighted by atomic mass is 35.5. The van der Waals surface area contributed by atoms with E-state index in [-0.39, 0.29) is 11.9 Å². The number of amides is 1. The molecule has 1 fully saturated rings. The van der Waals surface area contributed by atoms with Gasteiger partial charge in [0.2, 0.25) is 0 Å². The molecule has 2 aliphatic heterocycles. The van der Waals surface area contributed by atoms with E-state index in [4.69, 9.17) is 21.1 Å². The van der Waals surface area contributed by atoms with Gasteiger partial charge in [-0.2, -0.15) is 0 Å². The number of hydrogen-bond acceptors (Lipinski definition) is 4. The first-order valence-corrected chi connectivity index (χ1v) is 8.88. The van der Waals surface area contributed by atoms with Gasteiger partial charge in [-0.05, 0) is 42.7 Å². The van der Waals surface area contributed by atoms with Crippen LogP contribution in [0.5, 0.6) is 11.5 Å². The molecular formula is C17H16ClNO3S. The molecule has 0 aliphatic carbocycles. The van der Waals surface area contributed by atoms with Crippen LogP contribution in [0.1, 0.15) is 34.1 Å². The first-order valence-electron chi connectivity index (χ1n) is 7.68. The fourth-order valence-corrected chi connectivity index (χ4v) is 4.19. The molecule has 0 radical (unpaired) electrons. The summed E-state index contributed by atoms with van der Waals surface area (Å²) in [6.45, 7) is 1.92. The third-order valence-electron chi connectivity index (χ3n) is 4.25. The van der Waals surface area contributed by atoms with Crippen LogP contribution in [-0.4, -0.2) is 30.6 Å². The van der Waals surface area contributed by atoms with Gasteiger partial charge >= 0.3 is 0 Å². The molecule has 120 valence electrons. The van der Waals surface area contributed by atoms with Gasteiger partial charge < -0.3 is 14.4 Å². The largest absolute Gasteiger partial charge is 0.486 e. The summed E-state index contributed by atoms with van der Waals surface area (Å²) in [5, 5.41) is 0. The smallest absolute Gasteiger partial charge is 0.264 e. The minimum Gasteiger partial charge on any atom is -0.486 e. The Morgan fingerprint density at radius 2 is 2.00 bits per heavy atom. The number of rotatable bonds is 2. The number of halogens is 1. The second-order valence-corrected chi connectivity index (χ2v) is 7.38. The Hall–Kier alpha value is -1.72. The molecule has 0 N–H and O–H groups in total. The molecule has 2 aromatic rings. The van der Waals surface area contributed by atoms with Gasteiger partial charge in [-0.25, -0.2) is 0 Å². The average Bonchev–Trinajstić information content (AvgIpc) is 3.23. The summed E-state index contributed by atoms with van der Waals surface area (Å²) < 4.78 is 11.9. The summed E-state index contributed by atoms with van der Waals surface area (Å²) in [6, 6.07) is 9.63. The number of hydrogen-bond donors (Lipinski definition) is 0. The minimum absolute atomic E-state index is 0.0549. The maximum Gasteiger partial charge on any atom is 0.264 e. The molecular weight excluding hydrogens is 334 g/mol. The van der Waals surface area contributed by atoms with Gasteiger partial charge in [-0.15, -0.1) is 11.3 Å². The van der Waals surface area contributed by atoms with E-state index in [1.165, 1.54) is 11.3 Å². The van der Waals surface area contributed by atoms with Crippen LogP contribution >= 0.6 is 22.9 Å². The van der Waals surface area contributed by atoms with Crippen molar-refractivity contribution in [3.05, 3.63) is 45.1 Å². The van der Waals surface area contributed by atoms with Crippen molar-refractivity contribution in [1.82, 2.24) is 4.90 Å². The first-order chi connectivity index (χ1) is 11.2. The van der Waals surface area contributed by atoms with E-state index in [9.17, 15) is 4.79 Å². The Morgan fingerprint density at radius 3 is 2.78 bits per heavy atom. The van der Waals surface area contributed by atoms with Crippen molar-refractivity contribution in [3.63, 3.8) is 0 Å². The zero-order valence-corrected chi connectivity index (χ0v) is 14.0. The van der Waals surface area contributed by atoms with Crippen molar-refractivity contribution < 1.29 is 14.3 Å². The molecule has 1 amide bonds. The second-order valence-electron chi connectivity index (χ2n) is 5.66. The van der Waals surface area contributed by atoms with E-state index >= 15 is 0 Å². The Bertz CT molecular complexity index is 745. The molecule has 0 saturated carbocycles. The number of carbonyl (C=O) groups excluding carboxylic acids is 1. The monoisotopic (exact) mass is 349 g/mol. The fraction of sp³-hybridized carbons (Fsp3) is 0.353. The third-order valence-corrected chi connectivity index (χ3v) is 5.47. The minimum atomic E-state index is 0.0549. The highest BCUT2D eigenvalue weighted by Gasteiger charge is 2.32. The Morgan fingerprint density at radius 1 is 1.17 bits per heavy atom. The lowest BCUT2D eigenvalue weighted by Crippen LogP contribution is -2.30. The molecule has 4 nitrogen and oxygen atoms in total. The van der Waals surface area contributed by atoms with Crippen LogP contribution in [0, 0.1) is 0 Å². The van der Waals surface area contributed by atoms with Crippen molar-refractivity contribution >= 4 is 28.8 Å². The predicted molar refractivity (Wildman–Crippen MR) is 89.8 cm³/mol. The molecule has 3 heterocycles. The van der Waals surface area contributed by atoms with Crippen molar-refractivity contribution in [2.45, 2.75) is 18.9 Å². The summed E-state index contributed by atoms with van der Waals surface area (Å²) in [5.41, 5.74) is 1.10. The van der Waals surface area contributed by atoms with Crippen LogP contribution < -0.4 is 9.47 Å². The lowest BCUT2D eigenvalue weighted by molar-refractivity contribution is 0.0740. The Labute approximate surface area is 143 Å². The van der Waals surface area contributed by atoms with Gasteiger partial charge in [0.05, 0.1) is 15.3 Å². The molecule has 1 saturated heterocycles. The summed E-state index contributed by atoms with van der Waals surface area (Å²) in [5.74, 6) is 1.60. The van der Waals surface area contributed by atoms with Crippen molar-refractivity contribution in [3.8, 4) is 11.5 Å². The summed E-state index contributed by atoms with van der Waals surface area (Å²) >= 11 is 7.29. The normalized spacial score (nSPS) is 19.9. The van der Waals surface area contributed by atoms with Crippen LogP contribution in [0.4, 0.5) is 0 Å². The predicted octanol–water partition coefficient (Wildman–Crippen LogP) is 4.15. The van der Waals surface area contributed by atoms with Gasteiger partial charge in [0.15, 0.2) is 11.5 Å². The maximum atomic E-state index is 12.8. The third kappa shape index (κ3) is 2.79. The van der Waals surface area contributed by atoms with Crippen LogP contribution in [0.2, 0.25) is 4.34 Å². The Kier molecular flexibility index (Phi) is 3.91. The van der Waals surface area contributed by atoms with Crippen molar-refractivity contribution in [2.75, 3.05) is 19.8 Å². The first kappa shape index (κ1) is 14.8. The van der Waals surface area contributed by atoms with Gasteiger partial charge in [0.1, 0.15) is 13.2 Å². The molecule has 6 heteroatoms. The number of thiophene rings is 1. The molecule has 1 atom stereocenters. The molecule has 2 aliphatic rings. The quantitative estimate of drug-likeness (QED) is 0.817. The zero-order chi connectivity index (χ0) is 15.8. The molecule has 1 aromatic carbocycles. The van der Waals surface area contributed by atoms with Crippen molar-refractivity contribution in [1.29, 1.82) is 0 Å². The molecule has 4 rings (SSSR count). The lowest BCUT2D eigenvalue weighted by atomic mass is 10.0. The van der Waals surface area contributed by atoms with Crippen LogP contribution in [-0.2, 0) is 0 Å². The van der Waals surface area contributed by atoms with Crippen LogP contribution in [0.25, 0.3) is 0 Å². The zero-order valence-electron chi connectivity index (χ0n) is 12.5. The van der Waals surface area contributed by atoms with E-state index < -0.39 is 0 Å². The van der Waals surface area contributed by atoms with E-state index in [0.717, 1.165) is 36.4 Å². The standard InChI is InChI=1S/C17H16ClNO3S/c18-16-6-5-15(23-16)17(20)19-7-1-2-12(19)11-3-4-13-14(10-11)22-9-8-21-13/h3-6,10,12H,1-2,7-9H2/t12-/m1/s1. The second kappa shape index (κ2) is 6.06. The van der Waals surface area contributed by atoms with Gasteiger partial charge in [-0.1, -0.05) is 17.7 Å². The average molecular weight is 350 g/mol.